The molecule has 2 unspecified atom stereocenters. The molecule has 94 valence electrons. The number of hydrogen-bond donors (Lipinski definition) is 1. The fourth-order valence-corrected chi connectivity index (χ4v) is 3.54. The standard InChI is InChI=1S/C11H20O4S/c1-11(2,10(12)13)8-5-4-6-9(7-8)16(3,14)15/h8-9H,4-7H2,1-3H3,(H,12,13). The molecule has 1 aliphatic carbocycles. The molecule has 0 saturated heterocycles. The second-order valence-electron chi connectivity index (χ2n) is 5.34. The van der Waals surface area contributed by atoms with Crippen LogP contribution in [0.3, 0.4) is 0 Å². The minimum absolute atomic E-state index is 0.0431. The van der Waals surface area contributed by atoms with Crippen LogP contribution in [-0.2, 0) is 14.6 Å². The zero-order valence-electron chi connectivity index (χ0n) is 10.1. The first kappa shape index (κ1) is 13.5. The second kappa shape index (κ2) is 4.35. The van der Waals surface area contributed by atoms with Crippen molar-refractivity contribution in [3.05, 3.63) is 0 Å². The normalized spacial score (nSPS) is 27.7. The average molecular weight is 248 g/mol. The molecule has 5 heteroatoms. The quantitative estimate of drug-likeness (QED) is 0.825. The third-order valence-electron chi connectivity index (χ3n) is 3.80. The van der Waals surface area contributed by atoms with Gasteiger partial charge in [0.1, 0.15) is 9.84 Å². The summed E-state index contributed by atoms with van der Waals surface area (Å²) < 4.78 is 23.0. The van der Waals surface area contributed by atoms with E-state index in [0.29, 0.717) is 12.8 Å². The number of sulfone groups is 1. The average Bonchev–Trinajstić information content (AvgIpc) is 2.16. The maximum atomic E-state index is 11.5. The Hall–Kier alpha value is -0.580. The lowest BCUT2D eigenvalue weighted by molar-refractivity contribution is -0.150. The smallest absolute Gasteiger partial charge is 0.309 e. The van der Waals surface area contributed by atoms with Gasteiger partial charge in [-0.05, 0) is 39.0 Å². The van der Waals surface area contributed by atoms with E-state index < -0.39 is 21.2 Å². The Morgan fingerprint density at radius 3 is 2.31 bits per heavy atom. The van der Waals surface area contributed by atoms with E-state index in [4.69, 9.17) is 5.11 Å². The van der Waals surface area contributed by atoms with Crippen molar-refractivity contribution in [2.24, 2.45) is 11.3 Å². The Morgan fingerprint density at radius 1 is 1.31 bits per heavy atom. The van der Waals surface area contributed by atoms with E-state index in [1.807, 2.05) is 0 Å². The number of rotatable bonds is 3. The largest absolute Gasteiger partial charge is 0.481 e. The van der Waals surface area contributed by atoms with Crippen LogP contribution in [0.2, 0.25) is 0 Å². The van der Waals surface area contributed by atoms with Crippen molar-refractivity contribution in [3.63, 3.8) is 0 Å². The summed E-state index contributed by atoms with van der Waals surface area (Å²) in [6, 6.07) is 0. The van der Waals surface area contributed by atoms with E-state index >= 15 is 0 Å². The second-order valence-corrected chi connectivity index (χ2v) is 7.67. The van der Waals surface area contributed by atoms with Crippen molar-refractivity contribution >= 4 is 15.8 Å². The van der Waals surface area contributed by atoms with Gasteiger partial charge in [0.05, 0.1) is 10.7 Å². The minimum atomic E-state index is -3.04. The van der Waals surface area contributed by atoms with E-state index in [2.05, 4.69) is 0 Å². The summed E-state index contributed by atoms with van der Waals surface area (Å²) >= 11 is 0. The summed E-state index contributed by atoms with van der Waals surface area (Å²) in [5.41, 5.74) is -0.830. The van der Waals surface area contributed by atoms with Crippen LogP contribution in [0.4, 0.5) is 0 Å². The molecule has 0 aromatic heterocycles. The molecule has 16 heavy (non-hydrogen) atoms. The molecule has 1 saturated carbocycles. The molecule has 0 aliphatic heterocycles. The van der Waals surface area contributed by atoms with Gasteiger partial charge in [-0.1, -0.05) is 6.42 Å². The van der Waals surface area contributed by atoms with Crippen LogP contribution in [0.25, 0.3) is 0 Å². The predicted octanol–water partition coefficient (Wildman–Crippen LogP) is 1.70. The van der Waals surface area contributed by atoms with Crippen molar-refractivity contribution in [2.75, 3.05) is 6.26 Å². The van der Waals surface area contributed by atoms with Crippen LogP contribution in [0.5, 0.6) is 0 Å². The number of carboxylic acids is 1. The van der Waals surface area contributed by atoms with Crippen LogP contribution in [-0.4, -0.2) is 31.0 Å². The van der Waals surface area contributed by atoms with Gasteiger partial charge in [0, 0.05) is 6.26 Å². The summed E-state index contributed by atoms with van der Waals surface area (Å²) in [7, 11) is -3.04. The molecule has 0 amide bonds. The molecule has 1 N–H and O–H groups in total. The summed E-state index contributed by atoms with van der Waals surface area (Å²) in [5.74, 6) is -0.884. The lowest BCUT2D eigenvalue weighted by Gasteiger charge is -2.36. The first-order chi connectivity index (χ1) is 7.15. The lowest BCUT2D eigenvalue weighted by atomic mass is 9.71. The fourth-order valence-electron chi connectivity index (χ4n) is 2.36. The monoisotopic (exact) mass is 248 g/mol. The minimum Gasteiger partial charge on any atom is -0.481 e. The summed E-state index contributed by atoms with van der Waals surface area (Å²) in [6.45, 7) is 3.37. The van der Waals surface area contributed by atoms with E-state index in [1.165, 1.54) is 6.26 Å². The van der Waals surface area contributed by atoms with Crippen LogP contribution in [0, 0.1) is 11.3 Å². The van der Waals surface area contributed by atoms with Crippen LogP contribution in [0.1, 0.15) is 39.5 Å². The zero-order valence-corrected chi connectivity index (χ0v) is 10.9. The number of carbonyl (C=O) groups is 1. The van der Waals surface area contributed by atoms with E-state index in [1.54, 1.807) is 13.8 Å². The number of hydrogen-bond acceptors (Lipinski definition) is 3. The molecule has 0 radical (unpaired) electrons. The third-order valence-corrected chi connectivity index (χ3v) is 5.44. The molecular formula is C11H20O4S. The van der Waals surface area contributed by atoms with Crippen molar-refractivity contribution in [1.29, 1.82) is 0 Å². The third kappa shape index (κ3) is 2.75. The van der Waals surface area contributed by atoms with Crippen molar-refractivity contribution in [3.8, 4) is 0 Å². The van der Waals surface area contributed by atoms with Crippen LogP contribution >= 0.6 is 0 Å². The SMILES string of the molecule is CC(C)(C(=O)O)C1CCCC(S(C)(=O)=O)C1. The molecule has 2 atom stereocenters. The highest BCUT2D eigenvalue weighted by Crippen LogP contribution is 2.40. The summed E-state index contributed by atoms with van der Waals surface area (Å²) in [4.78, 5) is 11.1. The maximum Gasteiger partial charge on any atom is 0.309 e. The first-order valence-corrected chi connectivity index (χ1v) is 7.53. The van der Waals surface area contributed by atoms with Gasteiger partial charge in [0.2, 0.25) is 0 Å². The van der Waals surface area contributed by atoms with Gasteiger partial charge in [-0.2, -0.15) is 0 Å². The van der Waals surface area contributed by atoms with Crippen molar-refractivity contribution in [2.45, 2.75) is 44.8 Å². The van der Waals surface area contributed by atoms with Crippen molar-refractivity contribution in [1.82, 2.24) is 0 Å². The lowest BCUT2D eigenvalue weighted by Crippen LogP contribution is -2.39. The van der Waals surface area contributed by atoms with Crippen LogP contribution in [0.15, 0.2) is 0 Å². The molecule has 0 heterocycles. The first-order valence-electron chi connectivity index (χ1n) is 5.58. The van der Waals surface area contributed by atoms with Gasteiger partial charge in [-0.15, -0.1) is 0 Å². The maximum absolute atomic E-state index is 11.5. The Balaban J connectivity index is 2.83. The molecule has 1 fully saturated rings. The predicted molar refractivity (Wildman–Crippen MR) is 62.0 cm³/mol. The van der Waals surface area contributed by atoms with Gasteiger partial charge in [0.25, 0.3) is 0 Å². The molecule has 0 aromatic carbocycles. The molecule has 4 nitrogen and oxygen atoms in total. The fraction of sp³-hybridized carbons (Fsp3) is 0.909. The molecule has 0 spiro atoms. The Morgan fingerprint density at radius 2 is 1.88 bits per heavy atom. The van der Waals surface area contributed by atoms with Gasteiger partial charge in [-0.25, -0.2) is 8.42 Å². The number of aliphatic carboxylic acids is 1. The molecule has 0 bridgehead atoms. The number of carboxylic acid groups (broad SMARTS) is 1. The van der Waals surface area contributed by atoms with E-state index in [-0.39, 0.29) is 11.2 Å². The molecule has 1 aliphatic rings. The Kier molecular flexibility index (Phi) is 3.67. The Labute approximate surface area is 97.0 Å². The van der Waals surface area contributed by atoms with Gasteiger partial charge < -0.3 is 5.11 Å². The zero-order chi connectivity index (χ0) is 12.6. The van der Waals surface area contributed by atoms with E-state index in [0.717, 1.165) is 12.8 Å². The molecular weight excluding hydrogens is 228 g/mol. The highest BCUT2D eigenvalue weighted by molar-refractivity contribution is 7.91. The topological polar surface area (TPSA) is 71.4 Å². The summed E-state index contributed by atoms with van der Waals surface area (Å²) in [6.07, 6.45) is 4.02. The van der Waals surface area contributed by atoms with E-state index in [9.17, 15) is 13.2 Å². The van der Waals surface area contributed by atoms with Gasteiger partial charge in [-0.3, -0.25) is 4.79 Å². The highest BCUT2D eigenvalue weighted by Gasteiger charge is 2.41. The molecule has 1 rings (SSSR count). The Bertz CT molecular complexity index is 369. The highest BCUT2D eigenvalue weighted by atomic mass is 32.2. The van der Waals surface area contributed by atoms with Gasteiger partial charge in [0.15, 0.2) is 0 Å². The van der Waals surface area contributed by atoms with Crippen LogP contribution < -0.4 is 0 Å². The van der Waals surface area contributed by atoms with Gasteiger partial charge >= 0.3 is 5.97 Å². The molecule has 0 aromatic rings. The van der Waals surface area contributed by atoms with Crippen molar-refractivity contribution < 1.29 is 18.3 Å². The summed E-state index contributed by atoms with van der Waals surface area (Å²) in [5, 5.41) is 8.78.